The van der Waals surface area contributed by atoms with Crippen LogP contribution in [0.2, 0.25) is 0 Å². The fraction of sp³-hybridized carbons (Fsp3) is 0.333. The van der Waals surface area contributed by atoms with Gasteiger partial charge in [-0.1, -0.05) is 29.5 Å². The summed E-state index contributed by atoms with van der Waals surface area (Å²) in [5, 5.41) is 0.667. The molecule has 1 aromatic carbocycles. The lowest BCUT2D eigenvalue weighted by molar-refractivity contribution is 0.0953. The van der Waals surface area contributed by atoms with E-state index in [1.165, 1.54) is 19.2 Å². The van der Waals surface area contributed by atoms with E-state index in [1.807, 2.05) is 0 Å². The average Bonchev–Trinajstić information content (AvgIpc) is 2.72. The molecular formula is C12H16N4O5S. The molecule has 0 saturated carbocycles. The Kier molecular flexibility index (Phi) is 4.13. The molecule has 1 heterocycles. The molecule has 1 unspecified atom stereocenters. The first kappa shape index (κ1) is 15.9. The molecule has 10 heteroatoms. The van der Waals surface area contributed by atoms with Crippen LogP contribution in [0.1, 0.15) is 13.3 Å². The van der Waals surface area contributed by atoms with E-state index in [1.54, 1.807) is 25.1 Å². The summed E-state index contributed by atoms with van der Waals surface area (Å²) >= 11 is 0. The zero-order chi connectivity index (χ0) is 16.5. The van der Waals surface area contributed by atoms with Crippen molar-refractivity contribution in [1.29, 1.82) is 0 Å². The van der Waals surface area contributed by atoms with Gasteiger partial charge in [-0.2, -0.15) is 13.4 Å². The van der Waals surface area contributed by atoms with Crippen molar-refractivity contribution >= 4 is 22.4 Å². The number of amides is 4. The third kappa shape index (κ3) is 2.64. The molecule has 0 spiro atoms. The Hall–Kier alpha value is -2.49. The summed E-state index contributed by atoms with van der Waals surface area (Å²) in [6, 6.07) is 5.66. The van der Waals surface area contributed by atoms with E-state index >= 15 is 0 Å². The maximum absolute atomic E-state index is 12.3. The molecular weight excluding hydrogens is 312 g/mol. The van der Waals surface area contributed by atoms with Gasteiger partial charge in [-0.25, -0.2) is 9.59 Å². The molecule has 1 atom stereocenters. The third-order valence-electron chi connectivity index (χ3n) is 3.14. The predicted molar refractivity (Wildman–Crippen MR) is 76.5 cm³/mol. The van der Waals surface area contributed by atoms with E-state index in [0.717, 1.165) is 4.90 Å². The number of hydrogen-bond donors (Lipinski definition) is 1. The molecule has 0 aliphatic carbocycles. The average molecular weight is 328 g/mol. The lowest BCUT2D eigenvalue weighted by Crippen LogP contribution is -2.52. The first-order valence-electron chi connectivity index (χ1n) is 6.44. The van der Waals surface area contributed by atoms with Crippen LogP contribution >= 0.6 is 0 Å². The topological polar surface area (TPSA) is 113 Å². The largest absolute Gasteiger partial charge is 0.432 e. The van der Waals surface area contributed by atoms with Crippen molar-refractivity contribution < 1.29 is 22.2 Å². The number of rotatable bonds is 4. The van der Waals surface area contributed by atoms with Gasteiger partial charge < -0.3 is 14.8 Å². The van der Waals surface area contributed by atoms with Crippen LogP contribution in [0.25, 0.3) is 0 Å². The van der Waals surface area contributed by atoms with E-state index in [-0.39, 0.29) is 10.2 Å². The summed E-state index contributed by atoms with van der Waals surface area (Å²) < 4.78 is 29.8. The molecule has 9 nitrogen and oxygen atoms in total. The summed E-state index contributed by atoms with van der Waals surface area (Å²) in [4.78, 5) is 24.9. The van der Waals surface area contributed by atoms with Crippen LogP contribution in [0.4, 0.5) is 9.59 Å². The first-order chi connectivity index (χ1) is 10.3. The number of hydrazine groups is 1. The Morgan fingerprint density at radius 1 is 1.32 bits per heavy atom. The SMILES string of the molecule is CCC1N(C)C(=O)N(S(=O)(=O)Oc2ccccc2)N1C(N)=O. The lowest BCUT2D eigenvalue weighted by Gasteiger charge is -2.27. The third-order valence-corrected chi connectivity index (χ3v) is 4.30. The van der Waals surface area contributed by atoms with Gasteiger partial charge in [0.05, 0.1) is 0 Å². The summed E-state index contributed by atoms with van der Waals surface area (Å²) in [5.74, 6) is 0.0160. The van der Waals surface area contributed by atoms with Gasteiger partial charge in [-0.15, -0.1) is 0 Å². The van der Waals surface area contributed by atoms with Crippen molar-refractivity contribution in [2.45, 2.75) is 19.5 Å². The fourth-order valence-electron chi connectivity index (χ4n) is 2.16. The molecule has 4 amide bonds. The van der Waals surface area contributed by atoms with Crippen LogP contribution in [0, 0.1) is 0 Å². The standard InChI is InChI=1S/C12H16N4O5S/c1-3-10-14(2)12(18)16(15(10)11(13)17)22(19,20)21-9-7-5-4-6-8-9/h4-8,10H,3H2,1-2H3,(H2,13,17). The van der Waals surface area contributed by atoms with Crippen molar-refractivity contribution in [3.63, 3.8) is 0 Å². The molecule has 0 aromatic heterocycles. The first-order valence-corrected chi connectivity index (χ1v) is 7.81. The van der Waals surface area contributed by atoms with E-state index in [2.05, 4.69) is 0 Å². The van der Waals surface area contributed by atoms with E-state index < -0.39 is 28.5 Å². The minimum Gasteiger partial charge on any atom is -0.365 e. The van der Waals surface area contributed by atoms with Crippen molar-refractivity contribution in [1.82, 2.24) is 14.3 Å². The van der Waals surface area contributed by atoms with Crippen LogP contribution in [-0.4, -0.2) is 48.0 Å². The zero-order valence-corrected chi connectivity index (χ0v) is 12.9. The van der Waals surface area contributed by atoms with Crippen LogP contribution in [0.3, 0.4) is 0 Å². The summed E-state index contributed by atoms with van der Waals surface area (Å²) in [7, 11) is -3.19. The van der Waals surface area contributed by atoms with Gasteiger partial charge in [-0.05, 0) is 18.6 Å². The number of urea groups is 2. The number of hydrogen-bond acceptors (Lipinski definition) is 5. The molecule has 1 saturated heterocycles. The number of benzene rings is 1. The van der Waals surface area contributed by atoms with E-state index in [0.29, 0.717) is 11.4 Å². The Balaban J connectivity index is 2.39. The second kappa shape index (κ2) is 5.72. The molecule has 22 heavy (non-hydrogen) atoms. The number of carbonyl (C=O) groups excluding carboxylic acids is 2. The highest BCUT2D eigenvalue weighted by Gasteiger charge is 2.50. The number of nitrogens with zero attached hydrogens (tertiary/aromatic N) is 3. The van der Waals surface area contributed by atoms with Crippen LogP contribution in [0.5, 0.6) is 5.75 Å². The minimum absolute atomic E-state index is 0.0160. The van der Waals surface area contributed by atoms with Gasteiger partial charge in [0.2, 0.25) is 0 Å². The lowest BCUT2D eigenvalue weighted by atomic mass is 10.3. The number of nitrogens with two attached hydrogens (primary N) is 1. The normalized spacial score (nSPS) is 18.7. The maximum Gasteiger partial charge on any atom is 0.432 e. The Bertz CT molecular complexity index is 678. The van der Waals surface area contributed by atoms with Crippen molar-refractivity contribution in [3.8, 4) is 5.75 Å². The second-order valence-electron chi connectivity index (χ2n) is 4.56. The predicted octanol–water partition coefficient (Wildman–Crippen LogP) is 0.709. The maximum atomic E-state index is 12.3. The van der Waals surface area contributed by atoms with Gasteiger partial charge in [0.15, 0.2) is 0 Å². The molecule has 1 aliphatic heterocycles. The highest BCUT2D eigenvalue weighted by atomic mass is 32.2. The quantitative estimate of drug-likeness (QED) is 0.874. The summed E-state index contributed by atoms with van der Waals surface area (Å²) in [5.41, 5.74) is 5.22. The Labute approximate surface area is 128 Å². The molecule has 2 rings (SSSR count). The molecule has 2 N–H and O–H groups in total. The Morgan fingerprint density at radius 2 is 1.91 bits per heavy atom. The van der Waals surface area contributed by atoms with Gasteiger partial charge in [0, 0.05) is 7.05 Å². The van der Waals surface area contributed by atoms with Crippen LogP contribution in [0.15, 0.2) is 30.3 Å². The molecule has 0 bridgehead atoms. The summed E-state index contributed by atoms with van der Waals surface area (Å²) in [6.45, 7) is 1.69. The number of para-hydroxylation sites is 1. The molecule has 0 radical (unpaired) electrons. The van der Waals surface area contributed by atoms with Crippen molar-refractivity contribution in [2.75, 3.05) is 7.05 Å². The summed E-state index contributed by atoms with van der Waals surface area (Å²) in [6.07, 6.45) is -0.484. The van der Waals surface area contributed by atoms with Crippen molar-refractivity contribution in [2.24, 2.45) is 5.73 Å². The van der Waals surface area contributed by atoms with Gasteiger partial charge in [0.25, 0.3) is 0 Å². The van der Waals surface area contributed by atoms with Crippen LogP contribution in [-0.2, 0) is 10.3 Å². The minimum atomic E-state index is -4.57. The van der Waals surface area contributed by atoms with Gasteiger partial charge in [0.1, 0.15) is 11.9 Å². The number of primary amides is 1. The second-order valence-corrected chi connectivity index (χ2v) is 5.93. The van der Waals surface area contributed by atoms with Gasteiger partial charge >= 0.3 is 22.4 Å². The highest BCUT2D eigenvalue weighted by molar-refractivity contribution is 7.85. The van der Waals surface area contributed by atoms with Crippen molar-refractivity contribution in [3.05, 3.63) is 30.3 Å². The van der Waals surface area contributed by atoms with Gasteiger partial charge in [-0.3, -0.25) is 0 Å². The fourth-order valence-corrected chi connectivity index (χ4v) is 3.31. The zero-order valence-electron chi connectivity index (χ0n) is 12.0. The van der Waals surface area contributed by atoms with Crippen LogP contribution < -0.4 is 9.92 Å². The Morgan fingerprint density at radius 3 is 2.41 bits per heavy atom. The number of carbonyl (C=O) groups is 2. The molecule has 120 valence electrons. The highest BCUT2D eigenvalue weighted by Crippen LogP contribution is 2.27. The molecule has 1 aromatic rings. The molecule has 1 fully saturated rings. The van der Waals surface area contributed by atoms with E-state index in [9.17, 15) is 18.0 Å². The smallest absolute Gasteiger partial charge is 0.365 e. The molecule has 1 aliphatic rings. The van der Waals surface area contributed by atoms with E-state index in [4.69, 9.17) is 9.92 Å². The monoisotopic (exact) mass is 328 g/mol.